The smallest absolute Gasteiger partial charge is 0.310 e. The molecule has 0 aliphatic heterocycles. The summed E-state index contributed by atoms with van der Waals surface area (Å²) in [6.07, 6.45) is -0.0394. The molecule has 1 rings (SSSR count). The van der Waals surface area contributed by atoms with Gasteiger partial charge >= 0.3 is 5.97 Å². The van der Waals surface area contributed by atoms with Gasteiger partial charge < -0.3 is 20.1 Å². The Labute approximate surface area is 80.2 Å². The molecule has 0 aliphatic carbocycles. The number of aliphatic carboxylic acids is 1. The van der Waals surface area contributed by atoms with Crippen molar-refractivity contribution in [2.24, 2.45) is 0 Å². The van der Waals surface area contributed by atoms with Gasteiger partial charge in [-0.2, -0.15) is 0 Å². The molecule has 0 saturated carbocycles. The second kappa shape index (κ2) is 6.47. The molecule has 1 aromatic rings. The van der Waals surface area contributed by atoms with E-state index in [0.29, 0.717) is 6.29 Å². The molecule has 0 unspecified atom stereocenters. The molecule has 3 N–H and O–H groups in total. The summed E-state index contributed by atoms with van der Waals surface area (Å²) in [5.74, 6) is -0.903. The van der Waals surface area contributed by atoms with Gasteiger partial charge in [-0.3, -0.25) is 4.79 Å². The fourth-order valence-electron chi connectivity index (χ4n) is 0.564. The van der Waals surface area contributed by atoms with Crippen molar-refractivity contribution >= 4 is 12.3 Å². The number of aromatic hydroxyl groups is 2. The molecular weight excluding hydrogens is 188 g/mol. The van der Waals surface area contributed by atoms with Crippen LogP contribution in [0.15, 0.2) is 24.3 Å². The highest BCUT2D eigenvalue weighted by Crippen LogP contribution is 2.14. The van der Waals surface area contributed by atoms with Crippen LogP contribution in [-0.4, -0.2) is 27.6 Å². The molecule has 14 heavy (non-hydrogen) atoms. The lowest BCUT2D eigenvalue weighted by molar-refractivity contribution is -0.138. The minimum atomic E-state index is -1.08. The van der Waals surface area contributed by atoms with E-state index in [1.165, 1.54) is 18.2 Å². The van der Waals surface area contributed by atoms with E-state index in [0.717, 1.165) is 0 Å². The molecule has 0 bridgehead atoms. The van der Waals surface area contributed by atoms with Gasteiger partial charge in [-0.25, -0.2) is 0 Å². The monoisotopic (exact) mass is 198 g/mol. The highest BCUT2D eigenvalue weighted by molar-refractivity contribution is 5.81. The Morgan fingerprint density at radius 1 is 1.29 bits per heavy atom. The van der Waals surface area contributed by atoms with Crippen molar-refractivity contribution in [2.75, 3.05) is 0 Å². The Hall–Kier alpha value is -2.04. The predicted octanol–water partition coefficient (Wildman–Crippen LogP) is 0.758. The number of rotatable bonds is 2. The standard InChI is InChI=1S/C6H6O2.C3H4O3/c7-5-2-1-3-6(8)4-5;4-2-1-3(5)6/h1-4,7-8H;2H,1H2,(H,5,6). The van der Waals surface area contributed by atoms with E-state index >= 15 is 0 Å². The average Bonchev–Trinajstić information content (AvgIpc) is 2.03. The summed E-state index contributed by atoms with van der Waals surface area (Å²) in [6, 6.07) is 5.85. The maximum absolute atomic E-state index is 9.37. The van der Waals surface area contributed by atoms with Gasteiger partial charge in [0.25, 0.3) is 0 Å². The predicted molar refractivity (Wildman–Crippen MR) is 48.1 cm³/mol. The zero-order valence-corrected chi connectivity index (χ0v) is 7.25. The summed E-state index contributed by atoms with van der Waals surface area (Å²) in [5.41, 5.74) is 0. The molecule has 5 heteroatoms. The van der Waals surface area contributed by atoms with Gasteiger partial charge in [0.1, 0.15) is 24.2 Å². The molecular formula is C9H10O5. The van der Waals surface area contributed by atoms with E-state index in [1.807, 2.05) is 0 Å². The van der Waals surface area contributed by atoms with Crippen LogP contribution in [0, 0.1) is 0 Å². The molecule has 0 amide bonds. The molecule has 0 radical (unpaired) electrons. The van der Waals surface area contributed by atoms with Crippen LogP contribution in [0.1, 0.15) is 6.42 Å². The lowest BCUT2D eigenvalue weighted by Gasteiger charge is -1.89. The molecule has 0 aliphatic rings. The number of carboxylic acid groups (broad SMARTS) is 1. The van der Waals surface area contributed by atoms with E-state index in [4.69, 9.17) is 15.3 Å². The quantitative estimate of drug-likeness (QED) is 0.481. The van der Waals surface area contributed by atoms with Gasteiger partial charge in [-0.15, -0.1) is 0 Å². The number of hydrogen-bond acceptors (Lipinski definition) is 4. The number of phenols is 2. The highest BCUT2D eigenvalue weighted by Gasteiger charge is 1.88. The molecule has 0 heterocycles. The van der Waals surface area contributed by atoms with Crippen molar-refractivity contribution in [3.8, 4) is 11.5 Å². The van der Waals surface area contributed by atoms with Crippen LogP contribution in [0.4, 0.5) is 0 Å². The van der Waals surface area contributed by atoms with Gasteiger partial charge in [-0.05, 0) is 12.1 Å². The zero-order valence-electron chi connectivity index (χ0n) is 7.25. The SMILES string of the molecule is O=CCC(=O)O.Oc1cccc(O)c1. The average molecular weight is 198 g/mol. The van der Waals surface area contributed by atoms with Gasteiger partial charge in [-0.1, -0.05) is 6.07 Å². The summed E-state index contributed by atoms with van der Waals surface area (Å²) in [7, 11) is 0. The first-order valence-corrected chi connectivity index (χ1v) is 3.69. The van der Waals surface area contributed by atoms with Crippen molar-refractivity contribution < 1.29 is 24.9 Å². The summed E-state index contributed by atoms with van der Waals surface area (Å²) in [4.78, 5) is 18.6. The fourth-order valence-corrected chi connectivity index (χ4v) is 0.564. The van der Waals surface area contributed by atoms with E-state index < -0.39 is 5.97 Å². The van der Waals surface area contributed by atoms with Crippen LogP contribution in [0.5, 0.6) is 11.5 Å². The molecule has 0 atom stereocenters. The maximum Gasteiger partial charge on any atom is 0.310 e. The first-order chi connectivity index (χ1) is 6.56. The van der Waals surface area contributed by atoms with E-state index in [9.17, 15) is 9.59 Å². The first-order valence-electron chi connectivity index (χ1n) is 3.69. The maximum atomic E-state index is 9.37. The molecule has 0 saturated heterocycles. The number of phenolic OH excluding ortho intramolecular Hbond substituents is 2. The van der Waals surface area contributed by atoms with Crippen LogP contribution in [0.25, 0.3) is 0 Å². The summed E-state index contributed by atoms with van der Waals surface area (Å²) in [5, 5.41) is 25.0. The first kappa shape index (κ1) is 12.0. The van der Waals surface area contributed by atoms with Crippen molar-refractivity contribution in [3.63, 3.8) is 0 Å². The van der Waals surface area contributed by atoms with Crippen molar-refractivity contribution in [2.45, 2.75) is 6.42 Å². The third-order valence-electron chi connectivity index (χ3n) is 1.09. The van der Waals surface area contributed by atoms with Gasteiger partial charge in [0.2, 0.25) is 0 Å². The molecule has 0 aromatic heterocycles. The van der Waals surface area contributed by atoms with Crippen LogP contribution in [0.2, 0.25) is 0 Å². The number of carbonyl (C=O) groups excluding carboxylic acids is 1. The number of benzene rings is 1. The van der Waals surface area contributed by atoms with Crippen molar-refractivity contribution in [3.05, 3.63) is 24.3 Å². The normalized spacial score (nSPS) is 8.29. The largest absolute Gasteiger partial charge is 0.508 e. The van der Waals surface area contributed by atoms with Gasteiger partial charge in [0.15, 0.2) is 0 Å². The Balaban J connectivity index is 0.000000255. The lowest BCUT2D eigenvalue weighted by Crippen LogP contribution is -1.92. The number of carboxylic acids is 1. The molecule has 0 fully saturated rings. The van der Waals surface area contributed by atoms with E-state index in [2.05, 4.69) is 0 Å². The minimum Gasteiger partial charge on any atom is -0.508 e. The molecule has 1 aromatic carbocycles. The molecule has 0 spiro atoms. The number of aldehydes is 1. The summed E-state index contributed by atoms with van der Waals surface area (Å²) < 4.78 is 0. The third-order valence-corrected chi connectivity index (χ3v) is 1.09. The van der Waals surface area contributed by atoms with Gasteiger partial charge in [0.05, 0.1) is 0 Å². The lowest BCUT2D eigenvalue weighted by atomic mass is 10.3. The summed E-state index contributed by atoms with van der Waals surface area (Å²) >= 11 is 0. The minimum absolute atomic E-state index is 0.0880. The fraction of sp³-hybridized carbons (Fsp3) is 0.111. The second-order valence-corrected chi connectivity index (χ2v) is 2.28. The van der Waals surface area contributed by atoms with Gasteiger partial charge in [0, 0.05) is 6.07 Å². The topological polar surface area (TPSA) is 94.8 Å². The van der Waals surface area contributed by atoms with Crippen molar-refractivity contribution in [1.82, 2.24) is 0 Å². The Kier molecular flexibility index (Phi) is 5.53. The summed E-state index contributed by atoms with van der Waals surface area (Å²) in [6.45, 7) is 0. The molecule has 76 valence electrons. The van der Waals surface area contributed by atoms with Crippen LogP contribution in [0.3, 0.4) is 0 Å². The van der Waals surface area contributed by atoms with Crippen LogP contribution >= 0.6 is 0 Å². The molecule has 5 nitrogen and oxygen atoms in total. The zero-order chi connectivity index (χ0) is 11.0. The number of carbonyl (C=O) groups is 2. The highest BCUT2D eigenvalue weighted by atomic mass is 16.4. The second-order valence-electron chi connectivity index (χ2n) is 2.28. The Morgan fingerprint density at radius 2 is 1.79 bits per heavy atom. The van der Waals surface area contributed by atoms with Crippen LogP contribution in [-0.2, 0) is 9.59 Å². The number of hydrogen-bond donors (Lipinski definition) is 3. The Bertz CT molecular complexity index is 291. The third kappa shape index (κ3) is 6.66. The Morgan fingerprint density at radius 3 is 1.93 bits per heavy atom. The van der Waals surface area contributed by atoms with Crippen LogP contribution < -0.4 is 0 Å². The van der Waals surface area contributed by atoms with Crippen molar-refractivity contribution in [1.29, 1.82) is 0 Å². The van der Waals surface area contributed by atoms with E-state index in [1.54, 1.807) is 6.07 Å². The van der Waals surface area contributed by atoms with E-state index in [-0.39, 0.29) is 17.9 Å².